The molecule has 3 rings (SSSR count). The normalized spacial score (nSPS) is 17.1. The summed E-state index contributed by atoms with van der Waals surface area (Å²) < 4.78 is 10.8. The SMILES string of the molecule is COc1ccc(OC)c(N2N=C(CN)CC2c2cccnc2)c1. The lowest BCUT2D eigenvalue weighted by Crippen LogP contribution is -2.19. The molecular weight excluding hydrogens is 292 g/mol. The van der Waals surface area contributed by atoms with Crippen LogP contribution < -0.4 is 20.2 Å². The molecule has 0 bridgehead atoms. The van der Waals surface area contributed by atoms with E-state index in [9.17, 15) is 0 Å². The minimum absolute atomic E-state index is 0.0447. The molecule has 2 N–H and O–H groups in total. The molecule has 2 heterocycles. The van der Waals surface area contributed by atoms with Crippen molar-refractivity contribution in [3.63, 3.8) is 0 Å². The Morgan fingerprint density at radius 1 is 1.26 bits per heavy atom. The number of ether oxygens (including phenoxy) is 2. The van der Waals surface area contributed by atoms with E-state index in [1.165, 1.54) is 0 Å². The van der Waals surface area contributed by atoms with Crippen LogP contribution in [0.15, 0.2) is 47.8 Å². The molecule has 0 radical (unpaired) electrons. The predicted octanol–water partition coefficient (Wildman–Crippen LogP) is 2.36. The third-order valence-corrected chi connectivity index (χ3v) is 3.91. The Morgan fingerprint density at radius 3 is 2.78 bits per heavy atom. The number of anilines is 1. The number of rotatable bonds is 5. The second-order valence-corrected chi connectivity index (χ2v) is 5.26. The van der Waals surface area contributed by atoms with E-state index >= 15 is 0 Å². The Labute approximate surface area is 135 Å². The highest BCUT2D eigenvalue weighted by Gasteiger charge is 2.30. The molecule has 0 fully saturated rings. The van der Waals surface area contributed by atoms with Crippen LogP contribution in [0.4, 0.5) is 5.69 Å². The monoisotopic (exact) mass is 312 g/mol. The van der Waals surface area contributed by atoms with Crippen molar-refractivity contribution in [3.05, 3.63) is 48.3 Å². The molecule has 120 valence electrons. The molecular formula is C17H20N4O2. The second kappa shape index (κ2) is 6.66. The number of nitrogens with two attached hydrogens (primary N) is 1. The zero-order valence-electron chi connectivity index (χ0n) is 13.3. The van der Waals surface area contributed by atoms with Crippen LogP contribution in [0, 0.1) is 0 Å². The molecule has 6 nitrogen and oxygen atoms in total. The summed E-state index contributed by atoms with van der Waals surface area (Å²) >= 11 is 0. The molecule has 1 aromatic carbocycles. The first-order valence-electron chi connectivity index (χ1n) is 7.44. The van der Waals surface area contributed by atoms with Gasteiger partial charge in [0.1, 0.15) is 17.2 Å². The van der Waals surface area contributed by atoms with Gasteiger partial charge in [0.15, 0.2) is 0 Å². The number of pyridine rings is 1. The molecule has 2 aromatic rings. The fraction of sp³-hybridized carbons (Fsp3) is 0.294. The average molecular weight is 312 g/mol. The molecule has 1 aliphatic heterocycles. The number of hydrogen-bond acceptors (Lipinski definition) is 6. The number of aromatic nitrogens is 1. The Bertz CT molecular complexity index is 703. The van der Waals surface area contributed by atoms with Crippen molar-refractivity contribution >= 4 is 11.4 Å². The number of benzene rings is 1. The van der Waals surface area contributed by atoms with Gasteiger partial charge >= 0.3 is 0 Å². The fourth-order valence-electron chi connectivity index (χ4n) is 2.73. The Morgan fingerprint density at radius 2 is 2.13 bits per heavy atom. The summed E-state index contributed by atoms with van der Waals surface area (Å²) in [5.41, 5.74) is 8.70. The zero-order valence-corrected chi connectivity index (χ0v) is 13.3. The van der Waals surface area contributed by atoms with Gasteiger partial charge in [0.25, 0.3) is 0 Å². The number of nitrogens with zero attached hydrogens (tertiary/aromatic N) is 3. The van der Waals surface area contributed by atoms with Crippen molar-refractivity contribution in [1.82, 2.24) is 4.98 Å². The lowest BCUT2D eigenvalue weighted by molar-refractivity contribution is 0.402. The topological polar surface area (TPSA) is 73.0 Å². The van der Waals surface area contributed by atoms with Gasteiger partial charge in [-0.05, 0) is 23.8 Å². The quantitative estimate of drug-likeness (QED) is 0.917. The molecule has 1 atom stereocenters. The van der Waals surface area contributed by atoms with Gasteiger partial charge in [-0.25, -0.2) is 0 Å². The molecule has 1 unspecified atom stereocenters. The van der Waals surface area contributed by atoms with Crippen LogP contribution in [-0.4, -0.2) is 31.5 Å². The van der Waals surface area contributed by atoms with E-state index in [1.807, 2.05) is 41.5 Å². The molecule has 1 aliphatic rings. The summed E-state index contributed by atoms with van der Waals surface area (Å²) in [6.07, 6.45) is 4.39. The van der Waals surface area contributed by atoms with Crippen molar-refractivity contribution in [2.75, 3.05) is 25.8 Å². The Balaban J connectivity index is 2.05. The third-order valence-electron chi connectivity index (χ3n) is 3.91. The molecule has 1 aromatic heterocycles. The molecule has 0 amide bonds. The van der Waals surface area contributed by atoms with Crippen molar-refractivity contribution < 1.29 is 9.47 Å². The minimum atomic E-state index is 0.0447. The van der Waals surface area contributed by atoms with E-state index in [0.29, 0.717) is 6.54 Å². The largest absolute Gasteiger partial charge is 0.497 e. The molecule has 0 saturated carbocycles. The highest BCUT2D eigenvalue weighted by atomic mass is 16.5. The van der Waals surface area contributed by atoms with Crippen molar-refractivity contribution in [1.29, 1.82) is 0 Å². The van der Waals surface area contributed by atoms with E-state index in [-0.39, 0.29) is 6.04 Å². The number of hydrogen-bond donors (Lipinski definition) is 1. The second-order valence-electron chi connectivity index (χ2n) is 5.26. The fourth-order valence-corrected chi connectivity index (χ4v) is 2.73. The van der Waals surface area contributed by atoms with E-state index in [4.69, 9.17) is 15.2 Å². The van der Waals surface area contributed by atoms with Gasteiger partial charge in [0.2, 0.25) is 0 Å². The van der Waals surface area contributed by atoms with Gasteiger partial charge < -0.3 is 15.2 Å². The first kappa shape index (κ1) is 15.3. The number of hydrazone groups is 1. The standard InChI is InChI=1S/C17H20N4O2/c1-22-14-5-6-17(23-2)16(9-14)21-15(8-13(10-18)20-21)12-4-3-7-19-11-12/h3-7,9,11,15H,8,10,18H2,1-2H3. The smallest absolute Gasteiger partial charge is 0.144 e. The van der Waals surface area contributed by atoms with Crippen LogP contribution in [-0.2, 0) is 0 Å². The van der Waals surface area contributed by atoms with Crippen LogP contribution in [0.5, 0.6) is 11.5 Å². The number of methoxy groups -OCH3 is 2. The van der Waals surface area contributed by atoms with Crippen LogP contribution in [0.1, 0.15) is 18.0 Å². The highest BCUT2D eigenvalue weighted by molar-refractivity contribution is 5.91. The summed E-state index contributed by atoms with van der Waals surface area (Å²) in [6.45, 7) is 0.430. The van der Waals surface area contributed by atoms with Gasteiger partial charge in [0, 0.05) is 31.4 Å². The van der Waals surface area contributed by atoms with Gasteiger partial charge in [-0.1, -0.05) is 6.07 Å². The van der Waals surface area contributed by atoms with E-state index in [1.54, 1.807) is 20.4 Å². The summed E-state index contributed by atoms with van der Waals surface area (Å²) in [6, 6.07) is 9.69. The minimum Gasteiger partial charge on any atom is -0.497 e. The molecule has 23 heavy (non-hydrogen) atoms. The van der Waals surface area contributed by atoms with E-state index in [2.05, 4.69) is 10.1 Å². The summed E-state index contributed by atoms with van der Waals surface area (Å²) in [7, 11) is 3.29. The molecule has 6 heteroatoms. The van der Waals surface area contributed by atoms with Gasteiger partial charge in [0.05, 0.1) is 26.0 Å². The lowest BCUT2D eigenvalue weighted by Gasteiger charge is -2.25. The van der Waals surface area contributed by atoms with Crippen molar-refractivity contribution in [2.24, 2.45) is 10.8 Å². The Kier molecular flexibility index (Phi) is 4.43. The maximum absolute atomic E-state index is 5.81. The molecule has 0 spiro atoms. The summed E-state index contributed by atoms with van der Waals surface area (Å²) in [5.74, 6) is 1.49. The van der Waals surface area contributed by atoms with Crippen molar-refractivity contribution in [2.45, 2.75) is 12.5 Å². The summed E-state index contributed by atoms with van der Waals surface area (Å²) in [5, 5.41) is 6.63. The summed E-state index contributed by atoms with van der Waals surface area (Å²) in [4.78, 5) is 4.22. The average Bonchev–Trinajstić information content (AvgIpc) is 3.06. The van der Waals surface area contributed by atoms with Crippen LogP contribution in [0.2, 0.25) is 0 Å². The van der Waals surface area contributed by atoms with Crippen LogP contribution >= 0.6 is 0 Å². The maximum Gasteiger partial charge on any atom is 0.144 e. The molecule has 0 saturated heterocycles. The first-order valence-corrected chi connectivity index (χ1v) is 7.44. The van der Waals surface area contributed by atoms with Gasteiger partial charge in [-0.2, -0.15) is 5.10 Å². The van der Waals surface area contributed by atoms with Crippen molar-refractivity contribution in [3.8, 4) is 11.5 Å². The molecule has 0 aliphatic carbocycles. The lowest BCUT2D eigenvalue weighted by atomic mass is 10.0. The first-order chi connectivity index (χ1) is 11.3. The predicted molar refractivity (Wildman–Crippen MR) is 90.1 cm³/mol. The van der Waals surface area contributed by atoms with E-state index in [0.717, 1.165) is 34.9 Å². The van der Waals surface area contributed by atoms with Gasteiger partial charge in [-0.15, -0.1) is 0 Å². The van der Waals surface area contributed by atoms with E-state index < -0.39 is 0 Å². The zero-order chi connectivity index (χ0) is 16.2. The van der Waals surface area contributed by atoms with Gasteiger partial charge in [-0.3, -0.25) is 9.99 Å². The third kappa shape index (κ3) is 2.98. The van der Waals surface area contributed by atoms with Crippen LogP contribution in [0.3, 0.4) is 0 Å². The highest BCUT2D eigenvalue weighted by Crippen LogP contribution is 2.41. The maximum atomic E-state index is 5.81. The Hall–Kier alpha value is -2.60. The van der Waals surface area contributed by atoms with Crippen LogP contribution in [0.25, 0.3) is 0 Å².